The Kier molecular flexibility index (Phi) is 1.97. The third-order valence-electron chi connectivity index (χ3n) is 0.677. The summed E-state index contributed by atoms with van der Waals surface area (Å²) in [7, 11) is -3.80. The third-order valence-corrected chi connectivity index (χ3v) is 2.84. The highest BCUT2D eigenvalue weighted by atomic mass is 32.3. The Morgan fingerprint density at radius 2 is 1.44 bits per heavy atom. The van der Waals surface area contributed by atoms with Gasteiger partial charge in [-0.1, -0.05) is 0 Å². The van der Waals surface area contributed by atoms with Crippen molar-refractivity contribution in [3.05, 3.63) is 0 Å². The van der Waals surface area contributed by atoms with Gasteiger partial charge in [0.25, 0.3) is 0 Å². The van der Waals surface area contributed by atoms with Gasteiger partial charge in [0, 0.05) is 0 Å². The molecular formula is C2H4O4S3. The average molecular weight is 188 g/mol. The molecule has 1 heterocycles. The van der Waals surface area contributed by atoms with Crippen molar-refractivity contribution in [2.24, 2.45) is 0 Å². The molecular weight excluding hydrogens is 184 g/mol. The maximum absolute atomic E-state index is 10.3. The molecule has 0 bridgehead atoms. The second-order valence-electron chi connectivity index (χ2n) is 1.38. The molecule has 0 aliphatic carbocycles. The molecule has 2 unspecified atom stereocenters. The third kappa shape index (κ3) is 1.74. The zero-order valence-electron chi connectivity index (χ0n) is 4.09. The van der Waals surface area contributed by atoms with Crippen LogP contribution >= 0.6 is 25.3 Å². The first-order valence-corrected chi connectivity index (χ1v) is 4.35. The molecule has 0 aromatic carbocycles. The molecule has 1 rings (SSSR count). The standard InChI is InChI=1S/C2H4O4S3/c3-9(4)5-1(7)2(8)6-9/h1-2,7-8H. The van der Waals surface area contributed by atoms with Gasteiger partial charge in [0.1, 0.15) is 0 Å². The summed E-state index contributed by atoms with van der Waals surface area (Å²) < 4.78 is 29.0. The Bertz CT molecular complexity index is 180. The van der Waals surface area contributed by atoms with Crippen molar-refractivity contribution in [1.29, 1.82) is 0 Å². The van der Waals surface area contributed by atoms with Crippen LogP contribution in [0, 0.1) is 0 Å². The van der Waals surface area contributed by atoms with Crippen molar-refractivity contribution in [1.82, 2.24) is 0 Å². The summed E-state index contributed by atoms with van der Waals surface area (Å²) >= 11 is 7.40. The molecule has 0 saturated carbocycles. The Morgan fingerprint density at radius 3 is 1.56 bits per heavy atom. The fourth-order valence-corrected chi connectivity index (χ4v) is 2.01. The molecule has 2 atom stereocenters. The summed E-state index contributed by atoms with van der Waals surface area (Å²) in [6.07, 6.45) is 0. The Hall–Kier alpha value is 0.570. The topological polar surface area (TPSA) is 52.6 Å². The van der Waals surface area contributed by atoms with Crippen LogP contribution in [0.5, 0.6) is 0 Å². The Labute approximate surface area is 63.7 Å². The lowest BCUT2D eigenvalue weighted by Gasteiger charge is -1.96. The maximum Gasteiger partial charge on any atom is 0.402 e. The van der Waals surface area contributed by atoms with E-state index in [2.05, 4.69) is 33.6 Å². The summed E-state index contributed by atoms with van der Waals surface area (Å²) in [5, 5.41) is 0. The van der Waals surface area contributed by atoms with Gasteiger partial charge in [-0.25, -0.2) is 8.37 Å². The Balaban J connectivity index is 2.77. The van der Waals surface area contributed by atoms with Crippen molar-refractivity contribution in [2.45, 2.75) is 10.9 Å². The quantitative estimate of drug-likeness (QED) is 0.516. The largest absolute Gasteiger partial charge is 0.402 e. The summed E-state index contributed by atoms with van der Waals surface area (Å²) in [5.41, 5.74) is -1.59. The molecule has 0 radical (unpaired) electrons. The van der Waals surface area contributed by atoms with Crippen LogP contribution in [0.3, 0.4) is 0 Å². The van der Waals surface area contributed by atoms with Crippen molar-refractivity contribution >= 4 is 35.7 Å². The molecule has 0 amide bonds. The predicted octanol–water partition coefficient (Wildman–Crippen LogP) is -0.210. The van der Waals surface area contributed by atoms with Gasteiger partial charge in [0.2, 0.25) is 0 Å². The van der Waals surface area contributed by atoms with Crippen LogP contribution < -0.4 is 0 Å². The first kappa shape index (κ1) is 7.67. The minimum absolute atomic E-state index is 0.793. The monoisotopic (exact) mass is 188 g/mol. The van der Waals surface area contributed by atoms with Gasteiger partial charge in [0.05, 0.1) is 0 Å². The molecule has 1 saturated heterocycles. The van der Waals surface area contributed by atoms with Gasteiger partial charge in [-0.15, -0.1) is 25.3 Å². The number of hydrogen-bond acceptors (Lipinski definition) is 6. The van der Waals surface area contributed by atoms with Crippen LogP contribution in [-0.4, -0.2) is 19.3 Å². The molecule has 0 N–H and O–H groups in total. The minimum Gasteiger partial charge on any atom is -0.230 e. The lowest BCUT2D eigenvalue weighted by Crippen LogP contribution is -2.07. The second-order valence-corrected chi connectivity index (χ2v) is 3.60. The average Bonchev–Trinajstić information content (AvgIpc) is 1.79. The van der Waals surface area contributed by atoms with E-state index in [1.54, 1.807) is 0 Å². The summed E-state index contributed by atoms with van der Waals surface area (Å²) in [6, 6.07) is 0. The number of hydrogen-bond donors (Lipinski definition) is 2. The minimum atomic E-state index is -3.80. The van der Waals surface area contributed by atoms with Gasteiger partial charge >= 0.3 is 10.4 Å². The Morgan fingerprint density at radius 1 is 1.11 bits per heavy atom. The number of thiol groups is 2. The van der Waals surface area contributed by atoms with E-state index in [9.17, 15) is 8.42 Å². The predicted molar refractivity (Wildman–Crippen MR) is 36.6 cm³/mol. The SMILES string of the molecule is O=S1(=O)OC(S)C(S)O1. The molecule has 1 aliphatic heterocycles. The van der Waals surface area contributed by atoms with Crippen molar-refractivity contribution in [3.8, 4) is 0 Å². The molecule has 9 heavy (non-hydrogen) atoms. The summed E-state index contributed by atoms with van der Waals surface area (Å²) in [5.74, 6) is 0. The van der Waals surface area contributed by atoms with Crippen LogP contribution in [0.4, 0.5) is 0 Å². The van der Waals surface area contributed by atoms with Gasteiger partial charge in [-0.05, 0) is 0 Å². The van der Waals surface area contributed by atoms with Crippen molar-refractivity contribution < 1.29 is 16.8 Å². The molecule has 4 nitrogen and oxygen atoms in total. The van der Waals surface area contributed by atoms with Crippen molar-refractivity contribution in [2.75, 3.05) is 0 Å². The first-order chi connectivity index (χ1) is 4.01. The maximum atomic E-state index is 10.3. The van der Waals surface area contributed by atoms with Crippen molar-refractivity contribution in [3.63, 3.8) is 0 Å². The lowest BCUT2D eigenvalue weighted by molar-refractivity contribution is 0.308. The van der Waals surface area contributed by atoms with E-state index in [1.165, 1.54) is 0 Å². The molecule has 0 aromatic rings. The highest BCUT2D eigenvalue weighted by molar-refractivity contribution is 7.88. The van der Waals surface area contributed by atoms with Gasteiger partial charge in [-0.3, -0.25) is 0 Å². The normalized spacial score (nSPS) is 41.1. The zero-order chi connectivity index (χ0) is 7.07. The second kappa shape index (κ2) is 2.31. The van der Waals surface area contributed by atoms with E-state index in [1.807, 2.05) is 0 Å². The van der Waals surface area contributed by atoms with Crippen LogP contribution in [0.15, 0.2) is 0 Å². The fourth-order valence-electron chi connectivity index (χ4n) is 0.359. The van der Waals surface area contributed by atoms with E-state index in [4.69, 9.17) is 0 Å². The highest BCUT2D eigenvalue weighted by Gasteiger charge is 2.35. The van der Waals surface area contributed by atoms with Crippen LogP contribution in [-0.2, 0) is 18.8 Å². The molecule has 1 fully saturated rings. The van der Waals surface area contributed by atoms with Crippen LogP contribution in [0.2, 0.25) is 0 Å². The molecule has 7 heteroatoms. The van der Waals surface area contributed by atoms with E-state index in [0.29, 0.717) is 0 Å². The lowest BCUT2D eigenvalue weighted by atomic mass is 10.8. The highest BCUT2D eigenvalue weighted by Crippen LogP contribution is 2.24. The summed E-state index contributed by atoms with van der Waals surface area (Å²) in [4.78, 5) is 0. The summed E-state index contributed by atoms with van der Waals surface area (Å²) in [6.45, 7) is 0. The van der Waals surface area contributed by atoms with E-state index < -0.39 is 21.3 Å². The molecule has 0 spiro atoms. The molecule has 54 valence electrons. The zero-order valence-corrected chi connectivity index (χ0v) is 6.70. The first-order valence-electron chi connectivity index (χ1n) is 1.99. The van der Waals surface area contributed by atoms with Gasteiger partial charge in [-0.2, -0.15) is 8.42 Å². The van der Waals surface area contributed by atoms with E-state index in [-0.39, 0.29) is 0 Å². The smallest absolute Gasteiger partial charge is 0.230 e. The van der Waals surface area contributed by atoms with Crippen LogP contribution in [0.25, 0.3) is 0 Å². The van der Waals surface area contributed by atoms with Gasteiger partial charge < -0.3 is 0 Å². The van der Waals surface area contributed by atoms with E-state index in [0.717, 1.165) is 0 Å². The van der Waals surface area contributed by atoms with Gasteiger partial charge in [0.15, 0.2) is 10.9 Å². The van der Waals surface area contributed by atoms with Crippen LogP contribution in [0.1, 0.15) is 0 Å². The number of rotatable bonds is 0. The fraction of sp³-hybridized carbons (Fsp3) is 1.00. The molecule has 0 aromatic heterocycles. The molecule has 1 aliphatic rings. The van der Waals surface area contributed by atoms with E-state index >= 15 is 0 Å².